The van der Waals surface area contributed by atoms with Gasteiger partial charge in [-0.15, -0.1) is 0 Å². The van der Waals surface area contributed by atoms with E-state index >= 15 is 0 Å². The number of benzene rings is 1. The fourth-order valence-electron chi connectivity index (χ4n) is 2.57. The fraction of sp³-hybridized carbons (Fsp3) is 0.545. The van der Waals surface area contributed by atoms with Gasteiger partial charge in [0.15, 0.2) is 17.3 Å². The highest BCUT2D eigenvalue weighted by Crippen LogP contribution is 2.28. The number of ether oxygens (including phenoxy) is 3. The highest BCUT2D eigenvalue weighted by atomic mass is 16.5. The number of esters is 1. The van der Waals surface area contributed by atoms with Crippen LogP contribution in [0.4, 0.5) is 0 Å². The van der Waals surface area contributed by atoms with Crippen LogP contribution in [0.1, 0.15) is 57.4 Å². The molecule has 0 aliphatic rings. The standard InChI is InChI=1S/C22H32O5/c1-4-5-6-7-8-10-19(23)14-12-18-13-15-20(21(17-18)25-2)27-16-9-11-22(24)26-3/h8,10,13,15,17H,4-7,9,11-12,14,16H2,1-3H3/b10-8+. The van der Waals surface area contributed by atoms with Gasteiger partial charge in [0.25, 0.3) is 0 Å². The van der Waals surface area contributed by atoms with Gasteiger partial charge in [-0.2, -0.15) is 0 Å². The first-order valence-electron chi connectivity index (χ1n) is 9.66. The third-order valence-electron chi connectivity index (χ3n) is 4.18. The lowest BCUT2D eigenvalue weighted by Crippen LogP contribution is -2.05. The summed E-state index contributed by atoms with van der Waals surface area (Å²) in [5.74, 6) is 1.17. The molecule has 0 aromatic heterocycles. The molecule has 1 rings (SSSR count). The predicted octanol–water partition coefficient (Wildman–Crippen LogP) is 4.67. The number of hydrogen-bond acceptors (Lipinski definition) is 5. The molecule has 0 N–H and O–H groups in total. The molecular formula is C22H32O5. The first-order valence-corrected chi connectivity index (χ1v) is 9.66. The molecule has 0 fully saturated rings. The average molecular weight is 376 g/mol. The number of carbonyl (C=O) groups is 2. The topological polar surface area (TPSA) is 61.8 Å². The molecule has 27 heavy (non-hydrogen) atoms. The highest BCUT2D eigenvalue weighted by Gasteiger charge is 2.08. The van der Waals surface area contributed by atoms with E-state index in [1.807, 2.05) is 24.3 Å². The smallest absolute Gasteiger partial charge is 0.305 e. The normalized spacial score (nSPS) is 10.8. The molecule has 1 aromatic carbocycles. The number of rotatable bonds is 14. The van der Waals surface area contributed by atoms with Crippen molar-refractivity contribution < 1.29 is 23.8 Å². The van der Waals surface area contributed by atoms with Gasteiger partial charge in [0.2, 0.25) is 0 Å². The van der Waals surface area contributed by atoms with Crippen LogP contribution in [0.5, 0.6) is 11.5 Å². The summed E-state index contributed by atoms with van der Waals surface area (Å²) in [6, 6.07) is 5.68. The minimum atomic E-state index is -0.245. The maximum Gasteiger partial charge on any atom is 0.305 e. The maximum atomic E-state index is 11.9. The van der Waals surface area contributed by atoms with Gasteiger partial charge in [-0.1, -0.05) is 31.9 Å². The summed E-state index contributed by atoms with van der Waals surface area (Å²) in [7, 11) is 2.96. The van der Waals surface area contributed by atoms with Crippen LogP contribution >= 0.6 is 0 Å². The lowest BCUT2D eigenvalue weighted by atomic mass is 10.1. The molecule has 0 aliphatic heterocycles. The molecule has 0 unspecified atom stereocenters. The van der Waals surface area contributed by atoms with Gasteiger partial charge in [-0.3, -0.25) is 9.59 Å². The first kappa shape index (κ1) is 22.7. The van der Waals surface area contributed by atoms with Crippen LogP contribution in [0.3, 0.4) is 0 Å². The molecule has 5 nitrogen and oxygen atoms in total. The summed E-state index contributed by atoms with van der Waals surface area (Å²) in [6.45, 7) is 2.58. The lowest BCUT2D eigenvalue weighted by Gasteiger charge is -2.12. The van der Waals surface area contributed by atoms with Crippen LogP contribution in [0.15, 0.2) is 30.4 Å². The Kier molecular flexibility index (Phi) is 11.7. The Labute approximate surface area is 162 Å². The van der Waals surface area contributed by atoms with E-state index in [1.54, 1.807) is 13.2 Å². The van der Waals surface area contributed by atoms with Crippen molar-refractivity contribution in [2.45, 2.75) is 58.3 Å². The van der Waals surface area contributed by atoms with Gasteiger partial charge in [0, 0.05) is 12.8 Å². The Morgan fingerprint density at radius 2 is 1.85 bits per heavy atom. The molecule has 1 aromatic rings. The number of unbranched alkanes of at least 4 members (excludes halogenated alkanes) is 3. The zero-order valence-electron chi connectivity index (χ0n) is 16.8. The van der Waals surface area contributed by atoms with Gasteiger partial charge in [0.05, 0.1) is 20.8 Å². The summed E-state index contributed by atoms with van der Waals surface area (Å²) in [5.41, 5.74) is 1.03. The van der Waals surface area contributed by atoms with Crippen molar-refractivity contribution in [2.24, 2.45) is 0 Å². The number of aryl methyl sites for hydroxylation is 1. The van der Waals surface area contributed by atoms with Crippen molar-refractivity contribution in [3.05, 3.63) is 35.9 Å². The third kappa shape index (κ3) is 9.83. The zero-order valence-corrected chi connectivity index (χ0v) is 16.8. The van der Waals surface area contributed by atoms with Gasteiger partial charge in [-0.05, 0) is 49.5 Å². The second-order valence-electron chi connectivity index (χ2n) is 6.38. The molecule has 0 heterocycles. The second-order valence-corrected chi connectivity index (χ2v) is 6.38. The number of ketones is 1. The first-order chi connectivity index (χ1) is 13.1. The predicted molar refractivity (Wildman–Crippen MR) is 106 cm³/mol. The van der Waals surface area contributed by atoms with Crippen LogP contribution < -0.4 is 9.47 Å². The van der Waals surface area contributed by atoms with E-state index in [2.05, 4.69) is 11.7 Å². The third-order valence-corrected chi connectivity index (χ3v) is 4.18. The Balaban J connectivity index is 2.44. The zero-order chi connectivity index (χ0) is 19.9. The molecule has 5 heteroatoms. The van der Waals surface area contributed by atoms with E-state index in [-0.39, 0.29) is 11.8 Å². The highest BCUT2D eigenvalue weighted by molar-refractivity contribution is 5.89. The quantitative estimate of drug-likeness (QED) is 0.268. The van der Waals surface area contributed by atoms with E-state index < -0.39 is 0 Å². The summed E-state index contributed by atoms with van der Waals surface area (Å²) in [4.78, 5) is 23.0. The summed E-state index contributed by atoms with van der Waals surface area (Å²) in [5, 5.41) is 0. The lowest BCUT2D eigenvalue weighted by molar-refractivity contribution is -0.140. The molecule has 0 amide bonds. The Hall–Kier alpha value is -2.30. The minimum absolute atomic E-state index is 0.147. The van der Waals surface area contributed by atoms with Crippen molar-refractivity contribution in [3.63, 3.8) is 0 Å². The van der Waals surface area contributed by atoms with E-state index in [0.29, 0.717) is 43.8 Å². The monoisotopic (exact) mass is 376 g/mol. The average Bonchev–Trinajstić information content (AvgIpc) is 2.69. The van der Waals surface area contributed by atoms with Crippen LogP contribution in [0.25, 0.3) is 0 Å². The Morgan fingerprint density at radius 3 is 2.56 bits per heavy atom. The van der Waals surface area contributed by atoms with E-state index in [1.165, 1.54) is 20.0 Å². The molecule has 0 radical (unpaired) electrons. The van der Waals surface area contributed by atoms with Crippen molar-refractivity contribution >= 4 is 11.8 Å². The summed E-state index contributed by atoms with van der Waals surface area (Å²) < 4.78 is 15.7. The van der Waals surface area contributed by atoms with Crippen LogP contribution in [-0.2, 0) is 20.7 Å². The maximum absolute atomic E-state index is 11.9. The van der Waals surface area contributed by atoms with Crippen molar-refractivity contribution in [3.8, 4) is 11.5 Å². The molecule has 150 valence electrons. The number of methoxy groups -OCH3 is 2. The van der Waals surface area contributed by atoms with Gasteiger partial charge < -0.3 is 14.2 Å². The van der Waals surface area contributed by atoms with Crippen LogP contribution in [0, 0.1) is 0 Å². The number of hydrogen-bond donors (Lipinski definition) is 0. The minimum Gasteiger partial charge on any atom is -0.493 e. The second kappa shape index (κ2) is 13.8. The molecule has 0 saturated carbocycles. The fourth-order valence-corrected chi connectivity index (χ4v) is 2.57. The Bertz CT molecular complexity index is 607. The molecular weight excluding hydrogens is 344 g/mol. The number of carbonyl (C=O) groups excluding carboxylic acids is 2. The van der Waals surface area contributed by atoms with Crippen molar-refractivity contribution in [1.29, 1.82) is 0 Å². The molecule has 0 saturated heterocycles. The van der Waals surface area contributed by atoms with Crippen molar-refractivity contribution in [2.75, 3.05) is 20.8 Å². The summed E-state index contributed by atoms with van der Waals surface area (Å²) in [6.07, 6.45) is 10.2. The largest absolute Gasteiger partial charge is 0.493 e. The molecule has 0 spiro atoms. The van der Waals surface area contributed by atoms with Gasteiger partial charge >= 0.3 is 5.97 Å². The van der Waals surface area contributed by atoms with E-state index in [0.717, 1.165) is 18.4 Å². The van der Waals surface area contributed by atoms with Gasteiger partial charge in [0.1, 0.15) is 0 Å². The van der Waals surface area contributed by atoms with Crippen LogP contribution in [-0.4, -0.2) is 32.6 Å². The molecule has 0 atom stereocenters. The summed E-state index contributed by atoms with van der Waals surface area (Å²) >= 11 is 0. The van der Waals surface area contributed by atoms with Crippen molar-refractivity contribution in [1.82, 2.24) is 0 Å². The Morgan fingerprint density at radius 1 is 1.04 bits per heavy atom. The van der Waals surface area contributed by atoms with Gasteiger partial charge in [-0.25, -0.2) is 0 Å². The SMILES string of the molecule is CCCCC/C=C/C(=O)CCc1ccc(OCCCC(=O)OC)c(OC)c1. The molecule has 0 bridgehead atoms. The molecule has 0 aliphatic carbocycles. The van der Waals surface area contributed by atoms with E-state index in [4.69, 9.17) is 9.47 Å². The number of allylic oxidation sites excluding steroid dienone is 2. The van der Waals surface area contributed by atoms with E-state index in [9.17, 15) is 9.59 Å². The van der Waals surface area contributed by atoms with Crippen LogP contribution in [0.2, 0.25) is 0 Å².